The minimum Gasteiger partial charge on any atom is -0.303 e. The number of unbranched alkanes of at least 4 members (excludes halogenated alkanes) is 3. The molecule has 0 saturated carbocycles. The third kappa shape index (κ3) is 11.9. The molecule has 1 nitrogen and oxygen atoms in total. The quantitative estimate of drug-likeness (QED) is 0.580. The Morgan fingerprint density at radius 3 is 1.46 bits per heavy atom. The van der Waals surface area contributed by atoms with Gasteiger partial charge in [0.15, 0.2) is 0 Å². The van der Waals surface area contributed by atoms with Crippen LogP contribution in [0.4, 0.5) is 13.2 Å². The lowest BCUT2D eigenvalue weighted by Gasteiger charge is -2.21. The van der Waals surface area contributed by atoms with Crippen LogP contribution in [0.1, 0.15) is 64.9 Å². The van der Waals surface area contributed by atoms with Crippen molar-refractivity contribution >= 4 is 20.7 Å². The highest BCUT2D eigenvalue weighted by Crippen LogP contribution is 2.27. The van der Waals surface area contributed by atoms with E-state index in [1.165, 1.54) is 70.3 Å². The number of nitrogens with zero attached hydrogens (tertiary/aromatic N) is 1. The molecule has 0 atom stereocenters. The van der Waals surface area contributed by atoms with E-state index < -0.39 is 11.7 Å². The lowest BCUT2D eigenvalue weighted by atomic mass is 10.2. The molecule has 1 rings (SSSR count). The van der Waals surface area contributed by atoms with Gasteiger partial charge >= 0.3 is 6.18 Å². The highest BCUT2D eigenvalue weighted by Gasteiger charge is 2.29. The van der Waals surface area contributed by atoms with Crippen molar-refractivity contribution in [3.05, 3.63) is 29.8 Å². The van der Waals surface area contributed by atoms with E-state index in [4.69, 9.17) is 0 Å². The summed E-state index contributed by atoms with van der Waals surface area (Å²) in [5.74, 6) is 0. The van der Waals surface area contributed by atoms with Gasteiger partial charge < -0.3 is 4.90 Å². The maximum Gasteiger partial charge on any atom is 0.416 e. The molecule has 0 bridgehead atoms. The average molecular weight is 359 g/mol. The van der Waals surface area contributed by atoms with Crippen molar-refractivity contribution in [1.29, 1.82) is 0 Å². The van der Waals surface area contributed by atoms with E-state index in [1.807, 2.05) is 0 Å². The lowest BCUT2D eigenvalue weighted by Crippen LogP contribution is -2.27. The largest absolute Gasteiger partial charge is 0.416 e. The van der Waals surface area contributed by atoms with E-state index in [-0.39, 0.29) is 0 Å². The Morgan fingerprint density at radius 1 is 0.792 bits per heavy atom. The molecule has 0 N–H and O–H groups in total. The summed E-state index contributed by atoms with van der Waals surface area (Å²) >= 11 is 0.791. The Kier molecular flexibility index (Phi) is 13.5. The standard InChI is InChI=1S/C12H27N.C7H4F3.Al.2H/c1-4-7-10-13(11-8-5-2)12-9-6-3;8-7(9,10)6-4-2-1-3-5-6;;;/h4-12H2,1-3H3;2-5H;;;. The van der Waals surface area contributed by atoms with Crippen molar-refractivity contribution < 1.29 is 13.2 Å². The highest BCUT2D eigenvalue weighted by molar-refractivity contribution is 6.32. The summed E-state index contributed by atoms with van der Waals surface area (Å²) in [6, 6.07) is 5.24. The predicted octanol–water partition coefficient (Wildman–Crippen LogP) is 4.65. The second kappa shape index (κ2) is 13.8. The van der Waals surface area contributed by atoms with Crippen molar-refractivity contribution in [2.75, 3.05) is 19.6 Å². The molecule has 0 aliphatic rings. The summed E-state index contributed by atoms with van der Waals surface area (Å²) in [6.45, 7) is 10.8. The molecule has 1 aromatic carbocycles. The molecule has 0 amide bonds. The minimum atomic E-state index is -4.20. The monoisotopic (exact) mass is 359 g/mol. The zero-order valence-corrected chi connectivity index (χ0v) is 17.8. The van der Waals surface area contributed by atoms with E-state index in [0.29, 0.717) is 0 Å². The van der Waals surface area contributed by atoms with Crippen LogP contribution in [0.3, 0.4) is 0 Å². The van der Waals surface area contributed by atoms with Gasteiger partial charge in [-0.1, -0.05) is 64.3 Å². The normalized spacial score (nSPS) is 11.3. The van der Waals surface area contributed by atoms with Crippen molar-refractivity contribution in [2.45, 2.75) is 65.5 Å². The van der Waals surface area contributed by atoms with Gasteiger partial charge in [-0.15, -0.1) is 4.43 Å². The molecular weight excluding hydrogens is 326 g/mol. The molecule has 24 heavy (non-hydrogen) atoms. The zero-order valence-electron chi connectivity index (χ0n) is 15.8. The van der Waals surface area contributed by atoms with Crippen LogP contribution >= 0.6 is 0 Å². The van der Waals surface area contributed by atoms with E-state index in [9.17, 15) is 13.2 Å². The summed E-state index contributed by atoms with van der Waals surface area (Å²) in [5, 5.41) is 0. The fourth-order valence-corrected chi connectivity index (χ4v) is 2.56. The van der Waals surface area contributed by atoms with Gasteiger partial charge in [0.25, 0.3) is 16.3 Å². The van der Waals surface area contributed by atoms with Crippen molar-refractivity contribution in [2.24, 2.45) is 0 Å². The summed E-state index contributed by atoms with van der Waals surface area (Å²) in [5.41, 5.74) is -0.572. The molecule has 1 aromatic rings. The first-order valence-corrected chi connectivity index (χ1v) is 10.2. The molecule has 0 radical (unpaired) electrons. The van der Waals surface area contributed by atoms with Gasteiger partial charge in [-0.25, -0.2) is 0 Å². The lowest BCUT2D eigenvalue weighted by molar-refractivity contribution is -0.137. The Labute approximate surface area is 154 Å². The Morgan fingerprint density at radius 2 is 1.17 bits per heavy atom. The van der Waals surface area contributed by atoms with Crippen molar-refractivity contribution in [1.82, 2.24) is 4.90 Å². The van der Waals surface area contributed by atoms with E-state index in [2.05, 4.69) is 25.7 Å². The van der Waals surface area contributed by atoms with Gasteiger partial charge in [0, 0.05) is 0 Å². The third-order valence-corrected chi connectivity index (χ3v) is 4.53. The third-order valence-electron chi connectivity index (χ3n) is 3.86. The molecule has 138 valence electrons. The number of hydrogen-bond donors (Lipinski definition) is 0. The van der Waals surface area contributed by atoms with Gasteiger partial charge in [0.2, 0.25) is 0 Å². The van der Waals surface area contributed by atoms with E-state index in [1.54, 1.807) is 0 Å². The molecular formula is C19H33AlF3N. The smallest absolute Gasteiger partial charge is 0.303 e. The molecule has 5 heteroatoms. The number of benzene rings is 1. The summed E-state index contributed by atoms with van der Waals surface area (Å²) in [7, 11) is 0. The zero-order chi connectivity index (χ0) is 18.4. The summed E-state index contributed by atoms with van der Waals surface area (Å²) < 4.78 is 36.8. The van der Waals surface area contributed by atoms with Gasteiger partial charge in [-0.05, 0) is 38.9 Å². The fourth-order valence-electron chi connectivity index (χ4n) is 2.22. The molecule has 0 unspecified atom stereocenters. The second-order valence-corrected chi connectivity index (χ2v) is 7.42. The van der Waals surface area contributed by atoms with E-state index in [0.717, 1.165) is 32.8 Å². The van der Waals surface area contributed by atoms with E-state index >= 15 is 0 Å². The van der Waals surface area contributed by atoms with Crippen LogP contribution in [0.5, 0.6) is 0 Å². The molecule has 0 fully saturated rings. The van der Waals surface area contributed by atoms with Gasteiger partial charge in [-0.3, -0.25) is 0 Å². The van der Waals surface area contributed by atoms with Crippen LogP contribution in [0, 0.1) is 0 Å². The first kappa shape index (κ1) is 23.5. The first-order valence-electron chi connectivity index (χ1n) is 9.21. The van der Waals surface area contributed by atoms with Crippen LogP contribution in [0.2, 0.25) is 0 Å². The van der Waals surface area contributed by atoms with Crippen LogP contribution in [0.25, 0.3) is 0 Å². The molecule has 0 spiro atoms. The Hall–Kier alpha value is -0.498. The summed E-state index contributed by atoms with van der Waals surface area (Å²) in [4.78, 5) is 2.64. The Bertz CT molecular complexity index is 385. The van der Waals surface area contributed by atoms with Crippen LogP contribution in [-0.4, -0.2) is 40.8 Å². The maximum atomic E-state index is 11.9. The first-order chi connectivity index (χ1) is 11.3. The van der Waals surface area contributed by atoms with Crippen LogP contribution in [0.15, 0.2) is 24.3 Å². The maximum absolute atomic E-state index is 11.9. The molecule has 0 heterocycles. The minimum absolute atomic E-state index is 0.572. The number of halogens is 3. The highest BCUT2D eigenvalue weighted by atomic mass is 27.0. The average Bonchev–Trinajstić information content (AvgIpc) is 2.54. The topological polar surface area (TPSA) is 3.24 Å². The predicted molar refractivity (Wildman–Crippen MR) is 101 cm³/mol. The number of hydrogen-bond acceptors (Lipinski definition) is 1. The van der Waals surface area contributed by atoms with Gasteiger partial charge in [0.1, 0.15) is 0 Å². The SMILES string of the molecule is CCCCN(CCCC)CCCC.FC(F)(F)c1cc[c]([AlH2])cc1. The number of alkyl halides is 3. The summed E-state index contributed by atoms with van der Waals surface area (Å²) in [6.07, 6.45) is 3.89. The second-order valence-electron chi connectivity index (χ2n) is 6.27. The number of rotatable bonds is 9. The molecule has 0 aliphatic carbocycles. The van der Waals surface area contributed by atoms with Gasteiger partial charge in [0.05, 0.1) is 5.56 Å². The van der Waals surface area contributed by atoms with Crippen molar-refractivity contribution in [3.63, 3.8) is 0 Å². The Balaban J connectivity index is 0.000000446. The fraction of sp³-hybridized carbons (Fsp3) is 0.684. The molecule has 0 saturated heterocycles. The van der Waals surface area contributed by atoms with Crippen molar-refractivity contribution in [3.8, 4) is 0 Å². The van der Waals surface area contributed by atoms with Gasteiger partial charge in [-0.2, -0.15) is 13.2 Å². The molecule has 0 aliphatic heterocycles. The van der Waals surface area contributed by atoms with Crippen LogP contribution in [-0.2, 0) is 6.18 Å². The van der Waals surface area contributed by atoms with Crippen LogP contribution < -0.4 is 4.43 Å². The molecule has 0 aromatic heterocycles.